The van der Waals surface area contributed by atoms with E-state index < -0.39 is 36.4 Å². The Balaban J connectivity index is -0.000000720. The molecular weight excluding hydrogens is 346 g/mol. The predicted octanol–water partition coefficient (Wildman–Crippen LogP) is -6.01. The topological polar surface area (TPSA) is 141 Å². The van der Waals surface area contributed by atoms with E-state index >= 15 is 0 Å². The maximum atomic E-state index is 10.1. The molecule has 74 valence electrons. The van der Waals surface area contributed by atoms with Crippen molar-refractivity contribution in [2.45, 2.75) is 18.4 Å². The molecular formula is C6H5BaMgO7+. The van der Waals surface area contributed by atoms with Crippen molar-refractivity contribution in [1.82, 2.24) is 0 Å². The number of aliphatic hydroxyl groups is 1. The largest absolute Gasteiger partial charge is 2.00 e. The average molecular weight is 351 g/mol. The van der Waals surface area contributed by atoms with Gasteiger partial charge in [0.05, 0.1) is 5.97 Å². The summed E-state index contributed by atoms with van der Waals surface area (Å²) in [5, 5.41) is 38.9. The number of hydrogen-bond acceptors (Lipinski definition) is 7. The van der Waals surface area contributed by atoms with Crippen molar-refractivity contribution in [3.63, 3.8) is 0 Å². The van der Waals surface area contributed by atoms with Crippen molar-refractivity contribution in [3.8, 4) is 0 Å². The van der Waals surface area contributed by atoms with E-state index in [4.69, 9.17) is 5.11 Å². The monoisotopic (exact) mass is 351 g/mol. The van der Waals surface area contributed by atoms with Crippen molar-refractivity contribution >= 4 is 89.8 Å². The van der Waals surface area contributed by atoms with Crippen molar-refractivity contribution in [3.05, 3.63) is 0 Å². The van der Waals surface area contributed by atoms with Crippen LogP contribution in [0.2, 0.25) is 0 Å². The zero-order valence-electron chi connectivity index (χ0n) is 7.73. The molecule has 0 saturated carbocycles. The first kappa shape index (κ1) is 21.0. The van der Waals surface area contributed by atoms with E-state index in [1.807, 2.05) is 0 Å². The molecule has 0 aromatic heterocycles. The summed E-state index contributed by atoms with van der Waals surface area (Å²) in [5.41, 5.74) is -2.97. The number of rotatable bonds is 5. The minimum Gasteiger partial charge on any atom is -0.550 e. The Morgan fingerprint density at radius 3 is 1.40 bits per heavy atom. The molecule has 1 N–H and O–H groups in total. The van der Waals surface area contributed by atoms with Crippen LogP contribution in [0.4, 0.5) is 0 Å². The summed E-state index contributed by atoms with van der Waals surface area (Å²) in [5.74, 6) is -5.98. The van der Waals surface area contributed by atoms with Crippen LogP contribution in [0.1, 0.15) is 12.8 Å². The molecule has 0 radical (unpaired) electrons. The van der Waals surface area contributed by atoms with E-state index in [1.54, 1.807) is 0 Å². The first-order valence-electron chi connectivity index (χ1n) is 3.11. The Bertz CT molecular complexity index is 238. The zero-order valence-corrected chi connectivity index (χ0v) is 13.6. The number of carboxylic acid groups (broad SMARTS) is 3. The zero-order chi connectivity index (χ0) is 10.6. The van der Waals surface area contributed by atoms with Gasteiger partial charge in [-0.15, -0.1) is 0 Å². The Morgan fingerprint density at radius 1 is 1.00 bits per heavy atom. The molecule has 0 aromatic carbocycles. The van der Waals surface area contributed by atoms with Crippen molar-refractivity contribution in [2.24, 2.45) is 0 Å². The van der Waals surface area contributed by atoms with Crippen LogP contribution >= 0.6 is 0 Å². The van der Waals surface area contributed by atoms with Gasteiger partial charge in [0.1, 0.15) is 5.60 Å². The molecule has 15 heavy (non-hydrogen) atoms. The summed E-state index contributed by atoms with van der Waals surface area (Å²) in [7, 11) is 0. The summed E-state index contributed by atoms with van der Waals surface area (Å²) in [6, 6.07) is 0. The van der Waals surface area contributed by atoms with Gasteiger partial charge in [0.2, 0.25) is 0 Å². The fourth-order valence-electron chi connectivity index (χ4n) is 0.684. The molecule has 0 aliphatic carbocycles. The Morgan fingerprint density at radius 2 is 1.27 bits per heavy atom. The van der Waals surface area contributed by atoms with Crippen LogP contribution in [0.15, 0.2) is 0 Å². The van der Waals surface area contributed by atoms with E-state index in [9.17, 15) is 29.7 Å². The molecule has 9 heteroatoms. The maximum Gasteiger partial charge on any atom is 2.00 e. The van der Waals surface area contributed by atoms with E-state index in [0.29, 0.717) is 0 Å². The van der Waals surface area contributed by atoms with E-state index in [1.165, 1.54) is 0 Å². The minimum absolute atomic E-state index is 0. The third-order valence-corrected chi connectivity index (χ3v) is 1.25. The summed E-state index contributed by atoms with van der Waals surface area (Å²) in [6.45, 7) is 0. The smallest absolute Gasteiger partial charge is 0.550 e. The van der Waals surface area contributed by atoms with Gasteiger partial charge in [0.15, 0.2) is 0 Å². The van der Waals surface area contributed by atoms with Crippen LogP contribution in [0, 0.1) is 0 Å². The third-order valence-electron chi connectivity index (χ3n) is 1.25. The SMILES string of the molecule is O=C([O-])CC(O)(CC(=O)[O-])C(=O)[O-].[Ba+2].[Mg+2]. The molecule has 0 aliphatic rings. The second-order valence-corrected chi connectivity index (χ2v) is 2.42. The van der Waals surface area contributed by atoms with Crippen molar-refractivity contribution < 1.29 is 34.8 Å². The Kier molecular flexibility index (Phi) is 12.4. The molecule has 0 aliphatic heterocycles. The molecule has 0 spiro atoms. The summed E-state index contributed by atoms with van der Waals surface area (Å²) < 4.78 is 0. The fraction of sp³-hybridized carbons (Fsp3) is 0.500. The molecule has 0 rings (SSSR count). The first-order valence-corrected chi connectivity index (χ1v) is 3.11. The summed E-state index contributed by atoms with van der Waals surface area (Å²) >= 11 is 0. The van der Waals surface area contributed by atoms with Crippen LogP contribution in [0.3, 0.4) is 0 Å². The van der Waals surface area contributed by atoms with Crippen LogP contribution in [0.5, 0.6) is 0 Å². The summed E-state index contributed by atoms with van der Waals surface area (Å²) in [4.78, 5) is 30.0. The number of carbonyl (C=O) groups is 3. The fourth-order valence-corrected chi connectivity index (χ4v) is 0.684. The van der Waals surface area contributed by atoms with E-state index in [0.717, 1.165) is 0 Å². The molecule has 7 nitrogen and oxygen atoms in total. The molecule has 0 atom stereocenters. The molecule has 0 saturated heterocycles. The normalized spacial score (nSPS) is 9.40. The molecule has 0 fully saturated rings. The van der Waals surface area contributed by atoms with Gasteiger partial charge in [0, 0.05) is 24.8 Å². The number of aliphatic carboxylic acids is 3. The molecule has 0 amide bonds. The Hall–Kier alpha value is 0.708. The molecule has 0 aromatic rings. The second kappa shape index (κ2) is 8.81. The van der Waals surface area contributed by atoms with Crippen LogP contribution in [-0.4, -0.2) is 101 Å². The van der Waals surface area contributed by atoms with Crippen molar-refractivity contribution in [1.29, 1.82) is 0 Å². The third kappa shape index (κ3) is 8.51. The quantitative estimate of drug-likeness (QED) is 0.486. The average Bonchev–Trinajstić information content (AvgIpc) is 1.82. The van der Waals surface area contributed by atoms with Crippen LogP contribution < -0.4 is 15.3 Å². The van der Waals surface area contributed by atoms with Crippen molar-refractivity contribution in [2.75, 3.05) is 0 Å². The number of carboxylic acids is 3. The second-order valence-electron chi connectivity index (χ2n) is 2.42. The van der Waals surface area contributed by atoms with E-state index in [2.05, 4.69) is 0 Å². The van der Waals surface area contributed by atoms with Gasteiger partial charge in [-0.25, -0.2) is 0 Å². The number of hydrogen-bond donors (Lipinski definition) is 1. The number of carbonyl (C=O) groups excluding carboxylic acids is 3. The van der Waals surface area contributed by atoms with Gasteiger partial charge in [-0.1, -0.05) is 0 Å². The first-order chi connectivity index (χ1) is 5.78. The van der Waals surface area contributed by atoms with Gasteiger partial charge in [-0.3, -0.25) is 0 Å². The van der Waals surface area contributed by atoms with Crippen LogP contribution in [-0.2, 0) is 14.4 Å². The maximum absolute atomic E-state index is 10.1. The van der Waals surface area contributed by atoms with Gasteiger partial charge < -0.3 is 34.8 Å². The van der Waals surface area contributed by atoms with Gasteiger partial charge in [-0.2, -0.15) is 0 Å². The Labute approximate surface area is 141 Å². The molecule has 0 heterocycles. The minimum atomic E-state index is -2.97. The predicted molar refractivity (Wildman–Crippen MR) is 40.7 cm³/mol. The van der Waals surface area contributed by atoms with Gasteiger partial charge >= 0.3 is 71.9 Å². The summed E-state index contributed by atoms with van der Waals surface area (Å²) in [6.07, 6.45) is -2.72. The van der Waals surface area contributed by atoms with Crippen LogP contribution in [0.25, 0.3) is 0 Å². The van der Waals surface area contributed by atoms with Gasteiger partial charge in [-0.05, 0) is 0 Å². The van der Waals surface area contributed by atoms with Gasteiger partial charge in [0.25, 0.3) is 0 Å². The standard InChI is InChI=1S/C6H8O7.Ba.Mg/c7-3(8)1-6(13,5(11)12)2-4(9)10;;/h13H,1-2H2,(H,7,8)(H,9,10)(H,11,12);;/q;2*+2/p-3. The molecule has 0 bridgehead atoms. The van der Waals surface area contributed by atoms with E-state index in [-0.39, 0.29) is 71.9 Å². The molecule has 0 unspecified atom stereocenters.